The number of aliphatic hydroxyl groups is 1. The van der Waals surface area contributed by atoms with Gasteiger partial charge in [0.1, 0.15) is 0 Å². The van der Waals surface area contributed by atoms with Gasteiger partial charge in [0.15, 0.2) is 11.6 Å². The third kappa shape index (κ3) is 5.46. The third-order valence-electron chi connectivity index (χ3n) is 1.98. The van der Waals surface area contributed by atoms with Crippen LogP contribution in [-0.4, -0.2) is 28.9 Å². The predicted molar refractivity (Wildman–Crippen MR) is 66.4 cm³/mol. The summed E-state index contributed by atoms with van der Waals surface area (Å²) in [5, 5.41) is 11.9. The number of hydrogen-bond acceptors (Lipinski definition) is 3. The second kappa shape index (κ2) is 6.15. The molecule has 0 saturated heterocycles. The van der Waals surface area contributed by atoms with Crippen molar-refractivity contribution in [3.63, 3.8) is 0 Å². The molecule has 18 heavy (non-hydrogen) atoms. The number of amides is 1. The lowest BCUT2D eigenvalue weighted by atomic mass is 10.1. The normalized spacial score (nSPS) is 11.4. The Hall–Kier alpha value is -1.14. The van der Waals surface area contributed by atoms with Gasteiger partial charge in [0, 0.05) is 11.4 Å². The molecule has 0 spiro atoms. The number of benzene rings is 1. The van der Waals surface area contributed by atoms with Crippen molar-refractivity contribution in [1.82, 2.24) is 5.32 Å². The van der Waals surface area contributed by atoms with Crippen molar-refractivity contribution in [2.24, 2.45) is 0 Å². The highest BCUT2D eigenvalue weighted by atomic mass is 32.2. The topological polar surface area (TPSA) is 49.3 Å². The maximum atomic E-state index is 12.9. The van der Waals surface area contributed by atoms with Crippen molar-refractivity contribution in [2.45, 2.75) is 24.3 Å². The van der Waals surface area contributed by atoms with E-state index >= 15 is 0 Å². The molecule has 1 aromatic rings. The van der Waals surface area contributed by atoms with Gasteiger partial charge in [-0.2, -0.15) is 0 Å². The van der Waals surface area contributed by atoms with Gasteiger partial charge in [0.25, 0.3) is 0 Å². The highest BCUT2D eigenvalue weighted by molar-refractivity contribution is 8.00. The Kier molecular flexibility index (Phi) is 5.10. The van der Waals surface area contributed by atoms with Gasteiger partial charge in [-0.05, 0) is 32.0 Å². The highest BCUT2D eigenvalue weighted by Crippen LogP contribution is 2.20. The lowest BCUT2D eigenvalue weighted by Gasteiger charge is -2.17. The van der Waals surface area contributed by atoms with Crippen LogP contribution in [0.1, 0.15) is 13.8 Å². The van der Waals surface area contributed by atoms with Gasteiger partial charge in [0.2, 0.25) is 5.91 Å². The number of thioether (sulfide) groups is 1. The zero-order chi connectivity index (χ0) is 13.8. The average molecular weight is 275 g/mol. The van der Waals surface area contributed by atoms with Crippen molar-refractivity contribution >= 4 is 17.7 Å². The van der Waals surface area contributed by atoms with Gasteiger partial charge in [-0.15, -0.1) is 11.8 Å². The standard InChI is InChI=1S/C12H15F2NO2S/c1-12(2,17)7-15-11(16)6-18-8-3-4-9(13)10(14)5-8/h3-5,17H,6-7H2,1-2H3,(H,15,16). The fourth-order valence-electron chi connectivity index (χ4n) is 1.08. The molecule has 1 amide bonds. The monoisotopic (exact) mass is 275 g/mol. The number of carbonyl (C=O) groups excluding carboxylic acids is 1. The lowest BCUT2D eigenvalue weighted by molar-refractivity contribution is -0.119. The Morgan fingerprint density at radius 3 is 2.61 bits per heavy atom. The Labute approximate surface area is 109 Å². The first-order valence-electron chi connectivity index (χ1n) is 5.35. The number of rotatable bonds is 5. The Morgan fingerprint density at radius 1 is 1.39 bits per heavy atom. The molecule has 0 aliphatic rings. The van der Waals surface area contributed by atoms with Gasteiger partial charge in [-0.25, -0.2) is 8.78 Å². The maximum absolute atomic E-state index is 12.9. The van der Waals surface area contributed by atoms with E-state index in [1.54, 1.807) is 13.8 Å². The van der Waals surface area contributed by atoms with Gasteiger partial charge in [0.05, 0.1) is 11.4 Å². The zero-order valence-electron chi connectivity index (χ0n) is 10.2. The van der Waals surface area contributed by atoms with Crippen LogP contribution in [0.5, 0.6) is 0 Å². The molecule has 0 radical (unpaired) electrons. The van der Waals surface area contributed by atoms with Gasteiger partial charge in [-0.1, -0.05) is 0 Å². The molecule has 6 heteroatoms. The summed E-state index contributed by atoms with van der Waals surface area (Å²) in [6, 6.07) is 3.47. The van der Waals surface area contributed by atoms with Gasteiger partial charge in [-0.3, -0.25) is 4.79 Å². The van der Waals surface area contributed by atoms with E-state index in [2.05, 4.69) is 5.32 Å². The van der Waals surface area contributed by atoms with Crippen LogP contribution >= 0.6 is 11.8 Å². The number of carbonyl (C=O) groups is 1. The Morgan fingerprint density at radius 2 is 2.06 bits per heavy atom. The van der Waals surface area contributed by atoms with E-state index in [0.717, 1.165) is 23.9 Å². The highest BCUT2D eigenvalue weighted by Gasteiger charge is 2.14. The van der Waals surface area contributed by atoms with E-state index in [4.69, 9.17) is 0 Å². The largest absolute Gasteiger partial charge is 0.389 e. The molecule has 3 nitrogen and oxygen atoms in total. The molecule has 1 aromatic carbocycles. The smallest absolute Gasteiger partial charge is 0.230 e. The molecule has 0 aliphatic carbocycles. The molecule has 0 fully saturated rings. The molecule has 0 aromatic heterocycles. The van der Waals surface area contributed by atoms with E-state index in [1.807, 2.05) is 0 Å². The van der Waals surface area contributed by atoms with E-state index in [9.17, 15) is 18.7 Å². The van der Waals surface area contributed by atoms with Crippen molar-refractivity contribution < 1.29 is 18.7 Å². The molecule has 1 rings (SSSR count). The predicted octanol–water partition coefficient (Wildman–Crippen LogP) is 1.94. The molecular weight excluding hydrogens is 260 g/mol. The minimum Gasteiger partial charge on any atom is -0.389 e. The van der Waals surface area contributed by atoms with Crippen LogP contribution in [0, 0.1) is 11.6 Å². The maximum Gasteiger partial charge on any atom is 0.230 e. The molecule has 2 N–H and O–H groups in total. The summed E-state index contributed by atoms with van der Waals surface area (Å²) >= 11 is 1.10. The van der Waals surface area contributed by atoms with Crippen molar-refractivity contribution in [2.75, 3.05) is 12.3 Å². The van der Waals surface area contributed by atoms with E-state index in [1.165, 1.54) is 6.07 Å². The summed E-state index contributed by atoms with van der Waals surface area (Å²) in [5.41, 5.74) is -0.970. The van der Waals surface area contributed by atoms with E-state index in [0.29, 0.717) is 4.90 Å². The van der Waals surface area contributed by atoms with Crippen molar-refractivity contribution in [3.05, 3.63) is 29.8 Å². The van der Waals surface area contributed by atoms with E-state index < -0.39 is 17.2 Å². The second-order valence-electron chi connectivity index (χ2n) is 4.45. The Balaban J connectivity index is 2.40. The SMILES string of the molecule is CC(C)(O)CNC(=O)CSc1ccc(F)c(F)c1. The third-order valence-corrected chi connectivity index (χ3v) is 2.97. The van der Waals surface area contributed by atoms with Crippen LogP contribution in [0.4, 0.5) is 8.78 Å². The van der Waals surface area contributed by atoms with Crippen LogP contribution in [0.2, 0.25) is 0 Å². The van der Waals surface area contributed by atoms with Crippen LogP contribution in [0.25, 0.3) is 0 Å². The van der Waals surface area contributed by atoms with Crippen molar-refractivity contribution in [3.8, 4) is 0 Å². The van der Waals surface area contributed by atoms with Crippen LogP contribution in [0.3, 0.4) is 0 Å². The first kappa shape index (κ1) is 14.9. The minimum atomic E-state index is -0.970. The molecule has 100 valence electrons. The summed E-state index contributed by atoms with van der Waals surface area (Å²) in [6.45, 7) is 3.30. The van der Waals surface area contributed by atoms with Crippen LogP contribution in [-0.2, 0) is 4.79 Å². The summed E-state index contributed by atoms with van der Waals surface area (Å²) in [7, 11) is 0. The Bertz CT molecular complexity index is 433. The average Bonchev–Trinajstić information content (AvgIpc) is 2.27. The summed E-state index contributed by atoms with van der Waals surface area (Å²) in [4.78, 5) is 11.9. The molecule has 0 atom stereocenters. The lowest BCUT2D eigenvalue weighted by Crippen LogP contribution is -2.38. The fraction of sp³-hybridized carbons (Fsp3) is 0.417. The number of nitrogens with one attached hydrogen (secondary N) is 1. The van der Waals surface area contributed by atoms with E-state index in [-0.39, 0.29) is 18.2 Å². The first-order valence-corrected chi connectivity index (χ1v) is 6.33. The first-order chi connectivity index (χ1) is 8.28. The van der Waals surface area contributed by atoms with Crippen LogP contribution in [0.15, 0.2) is 23.1 Å². The summed E-state index contributed by atoms with van der Waals surface area (Å²) < 4.78 is 25.5. The number of halogens is 2. The molecule has 0 aliphatic heterocycles. The van der Waals surface area contributed by atoms with Crippen molar-refractivity contribution in [1.29, 1.82) is 0 Å². The van der Waals surface area contributed by atoms with Gasteiger partial charge >= 0.3 is 0 Å². The summed E-state index contributed by atoms with van der Waals surface area (Å²) in [5.74, 6) is -2.03. The molecule has 0 unspecified atom stereocenters. The molecule has 0 saturated carbocycles. The molecular formula is C12H15F2NO2S. The number of hydrogen-bond donors (Lipinski definition) is 2. The van der Waals surface area contributed by atoms with Crippen LogP contribution < -0.4 is 5.32 Å². The zero-order valence-corrected chi connectivity index (χ0v) is 11.0. The quantitative estimate of drug-likeness (QED) is 0.807. The minimum absolute atomic E-state index is 0.0845. The molecule has 0 bridgehead atoms. The second-order valence-corrected chi connectivity index (χ2v) is 5.50. The van der Waals surface area contributed by atoms with Gasteiger partial charge < -0.3 is 10.4 Å². The molecule has 0 heterocycles. The summed E-state index contributed by atoms with van der Waals surface area (Å²) in [6.07, 6.45) is 0. The fourth-order valence-corrected chi connectivity index (χ4v) is 1.83.